The summed E-state index contributed by atoms with van der Waals surface area (Å²) in [6.45, 7) is 5.99. The molecule has 3 rings (SSSR count). The normalized spacial score (nSPS) is 12.3. The lowest BCUT2D eigenvalue weighted by Gasteiger charge is -2.13. The van der Waals surface area contributed by atoms with Gasteiger partial charge in [0.05, 0.1) is 11.7 Å². The fourth-order valence-corrected chi connectivity index (χ4v) is 4.26. The van der Waals surface area contributed by atoms with Crippen LogP contribution in [0.5, 0.6) is 0 Å². The molecule has 3 aromatic rings. The van der Waals surface area contributed by atoms with E-state index >= 15 is 0 Å². The highest BCUT2D eigenvalue weighted by molar-refractivity contribution is 7.22. The Bertz CT molecular complexity index is 976. The topological polar surface area (TPSA) is 64.0 Å². The minimum absolute atomic E-state index is 0.00815. The van der Waals surface area contributed by atoms with Crippen molar-refractivity contribution in [3.05, 3.63) is 52.6 Å². The molecular formula is C20H23N3O2S. The molecule has 1 amide bonds. The number of fused-ring (bicyclic) bond motifs is 1. The summed E-state index contributed by atoms with van der Waals surface area (Å²) in [6, 6.07) is 10.1. The molecule has 0 radical (unpaired) electrons. The van der Waals surface area contributed by atoms with Gasteiger partial charge < -0.3 is 5.32 Å². The highest BCUT2D eigenvalue weighted by atomic mass is 32.1. The predicted octanol–water partition coefficient (Wildman–Crippen LogP) is 3.74. The van der Waals surface area contributed by atoms with E-state index in [9.17, 15) is 9.59 Å². The minimum atomic E-state index is -0.163. The quantitative estimate of drug-likeness (QED) is 0.720. The maximum Gasteiger partial charge on any atom is 0.262 e. The molecule has 0 aliphatic carbocycles. The van der Waals surface area contributed by atoms with E-state index in [1.165, 1.54) is 22.2 Å². The second kappa shape index (κ2) is 7.83. The van der Waals surface area contributed by atoms with Gasteiger partial charge in [0.2, 0.25) is 5.91 Å². The number of hydrogen-bond donors (Lipinski definition) is 1. The van der Waals surface area contributed by atoms with Gasteiger partial charge in [-0.25, -0.2) is 4.98 Å². The van der Waals surface area contributed by atoms with Gasteiger partial charge in [-0.2, -0.15) is 0 Å². The second-order valence-electron chi connectivity index (χ2n) is 6.54. The number of nitrogens with one attached hydrogen (secondary N) is 1. The van der Waals surface area contributed by atoms with Gasteiger partial charge in [-0.1, -0.05) is 43.7 Å². The summed E-state index contributed by atoms with van der Waals surface area (Å²) in [5.74, 6) is -0.162. The standard InChI is InChI=1S/C20H23N3O2S/c1-4-8-13(2)22-16(24)11-23-12-21-19-17(20(23)25)14(3)18(26-19)15-9-6-5-7-10-15/h5-7,9-10,12-13H,4,8,11H2,1-3H3,(H,22,24)/t13-/m0/s1. The van der Waals surface area contributed by atoms with Gasteiger partial charge in [0, 0.05) is 10.9 Å². The average molecular weight is 369 g/mol. The van der Waals surface area contributed by atoms with Gasteiger partial charge >= 0.3 is 0 Å². The highest BCUT2D eigenvalue weighted by Crippen LogP contribution is 2.35. The molecule has 26 heavy (non-hydrogen) atoms. The lowest BCUT2D eigenvalue weighted by Crippen LogP contribution is -2.37. The van der Waals surface area contributed by atoms with Crippen LogP contribution in [0.4, 0.5) is 0 Å². The van der Waals surface area contributed by atoms with Crippen molar-refractivity contribution in [2.45, 2.75) is 46.2 Å². The van der Waals surface area contributed by atoms with Crippen molar-refractivity contribution in [2.24, 2.45) is 0 Å². The Morgan fingerprint density at radius 3 is 2.73 bits per heavy atom. The molecule has 6 heteroatoms. The van der Waals surface area contributed by atoms with Gasteiger partial charge in [0.1, 0.15) is 11.4 Å². The van der Waals surface area contributed by atoms with Gasteiger partial charge in [-0.05, 0) is 31.4 Å². The monoisotopic (exact) mass is 369 g/mol. The van der Waals surface area contributed by atoms with Crippen molar-refractivity contribution in [1.82, 2.24) is 14.9 Å². The number of carbonyl (C=O) groups excluding carboxylic acids is 1. The Morgan fingerprint density at radius 1 is 1.31 bits per heavy atom. The lowest BCUT2D eigenvalue weighted by molar-refractivity contribution is -0.122. The Labute approximate surface area is 156 Å². The number of aromatic nitrogens is 2. The summed E-state index contributed by atoms with van der Waals surface area (Å²) >= 11 is 1.51. The molecule has 2 aromatic heterocycles. The number of carbonyl (C=O) groups is 1. The molecule has 0 bridgehead atoms. The number of rotatable bonds is 6. The van der Waals surface area contributed by atoms with Crippen LogP contribution in [0.25, 0.3) is 20.7 Å². The first-order valence-electron chi connectivity index (χ1n) is 8.84. The van der Waals surface area contributed by atoms with E-state index in [0.29, 0.717) is 10.2 Å². The highest BCUT2D eigenvalue weighted by Gasteiger charge is 2.17. The third kappa shape index (κ3) is 3.70. The van der Waals surface area contributed by atoms with Gasteiger partial charge in [0.25, 0.3) is 5.56 Å². The first-order chi connectivity index (χ1) is 12.5. The van der Waals surface area contributed by atoms with Gasteiger partial charge in [-0.3, -0.25) is 14.2 Å². The first kappa shape index (κ1) is 18.3. The van der Waals surface area contributed by atoms with E-state index in [0.717, 1.165) is 28.8 Å². The average Bonchev–Trinajstić information content (AvgIpc) is 2.96. The van der Waals surface area contributed by atoms with Crippen LogP contribution < -0.4 is 10.9 Å². The third-order valence-corrected chi connectivity index (χ3v) is 5.65. The van der Waals surface area contributed by atoms with Crippen LogP contribution in [0.3, 0.4) is 0 Å². The van der Waals surface area contributed by atoms with Crippen molar-refractivity contribution in [2.75, 3.05) is 0 Å². The molecule has 1 N–H and O–H groups in total. The minimum Gasteiger partial charge on any atom is -0.352 e. The number of aryl methyl sites for hydroxylation is 1. The molecule has 5 nitrogen and oxygen atoms in total. The Kier molecular flexibility index (Phi) is 5.52. The van der Waals surface area contributed by atoms with E-state index in [2.05, 4.69) is 17.2 Å². The number of thiophene rings is 1. The van der Waals surface area contributed by atoms with Crippen LogP contribution in [0, 0.1) is 6.92 Å². The van der Waals surface area contributed by atoms with E-state index in [1.54, 1.807) is 0 Å². The Hall–Kier alpha value is -2.47. The summed E-state index contributed by atoms with van der Waals surface area (Å²) in [6.07, 6.45) is 3.40. The molecule has 2 heterocycles. The Balaban J connectivity index is 1.93. The molecule has 0 spiro atoms. The van der Waals surface area contributed by atoms with Crippen molar-refractivity contribution in [1.29, 1.82) is 0 Å². The summed E-state index contributed by atoms with van der Waals surface area (Å²) in [4.78, 5) is 31.3. The summed E-state index contributed by atoms with van der Waals surface area (Å²) < 4.78 is 1.39. The largest absolute Gasteiger partial charge is 0.352 e. The molecule has 0 aliphatic heterocycles. The lowest BCUT2D eigenvalue weighted by atomic mass is 10.1. The van der Waals surface area contributed by atoms with Crippen LogP contribution >= 0.6 is 11.3 Å². The molecule has 0 saturated carbocycles. The number of amides is 1. The number of nitrogens with zero attached hydrogens (tertiary/aromatic N) is 2. The Morgan fingerprint density at radius 2 is 2.04 bits per heavy atom. The summed E-state index contributed by atoms with van der Waals surface area (Å²) in [5.41, 5.74) is 1.83. The fraction of sp³-hybridized carbons (Fsp3) is 0.350. The molecular weight excluding hydrogens is 346 g/mol. The molecule has 0 fully saturated rings. The fourth-order valence-electron chi connectivity index (χ4n) is 3.12. The zero-order valence-electron chi connectivity index (χ0n) is 15.3. The van der Waals surface area contributed by atoms with Crippen LogP contribution in [-0.2, 0) is 11.3 Å². The molecule has 0 unspecified atom stereocenters. The van der Waals surface area contributed by atoms with Crippen molar-refractivity contribution < 1.29 is 4.79 Å². The van der Waals surface area contributed by atoms with Crippen molar-refractivity contribution >= 4 is 27.5 Å². The van der Waals surface area contributed by atoms with E-state index in [1.807, 2.05) is 44.2 Å². The van der Waals surface area contributed by atoms with Crippen molar-refractivity contribution in [3.8, 4) is 10.4 Å². The second-order valence-corrected chi connectivity index (χ2v) is 7.54. The van der Waals surface area contributed by atoms with Crippen LogP contribution in [0.1, 0.15) is 32.3 Å². The smallest absolute Gasteiger partial charge is 0.262 e. The van der Waals surface area contributed by atoms with E-state index in [4.69, 9.17) is 0 Å². The summed E-state index contributed by atoms with van der Waals surface area (Å²) in [7, 11) is 0. The molecule has 0 saturated heterocycles. The molecule has 1 aromatic carbocycles. The molecule has 1 atom stereocenters. The van der Waals surface area contributed by atoms with Gasteiger partial charge in [-0.15, -0.1) is 11.3 Å². The first-order valence-corrected chi connectivity index (χ1v) is 9.66. The SMILES string of the molecule is CCC[C@H](C)NC(=O)Cn1cnc2sc(-c3ccccc3)c(C)c2c1=O. The van der Waals surface area contributed by atoms with E-state index < -0.39 is 0 Å². The van der Waals surface area contributed by atoms with Crippen LogP contribution in [0.15, 0.2) is 41.5 Å². The maximum atomic E-state index is 12.9. The van der Waals surface area contributed by atoms with Crippen LogP contribution in [0.2, 0.25) is 0 Å². The zero-order chi connectivity index (χ0) is 18.7. The van der Waals surface area contributed by atoms with Crippen molar-refractivity contribution in [3.63, 3.8) is 0 Å². The predicted molar refractivity (Wildman–Crippen MR) is 107 cm³/mol. The molecule has 136 valence electrons. The van der Waals surface area contributed by atoms with E-state index in [-0.39, 0.29) is 24.1 Å². The third-order valence-electron chi connectivity index (χ3n) is 4.40. The zero-order valence-corrected chi connectivity index (χ0v) is 16.1. The number of hydrogen-bond acceptors (Lipinski definition) is 4. The van der Waals surface area contributed by atoms with Gasteiger partial charge in [0.15, 0.2) is 0 Å². The maximum absolute atomic E-state index is 12.9. The summed E-state index contributed by atoms with van der Waals surface area (Å²) in [5, 5.41) is 3.53. The van der Waals surface area contributed by atoms with Crippen LogP contribution in [-0.4, -0.2) is 21.5 Å². The molecule has 0 aliphatic rings. The number of benzene rings is 1.